The topological polar surface area (TPSA) is 79.3 Å². The smallest absolute Gasteiger partial charge is 0.416 e. The molecule has 5 nitrogen and oxygen atoms in total. The SMILES string of the molecule is O=C(O)c1ccc(NC(=O)c2ccc(C(F)(F)F)cc2-c2ccc(F)cc2)cn1. The van der Waals surface area contributed by atoms with Crippen LogP contribution in [0.3, 0.4) is 0 Å². The molecule has 3 rings (SSSR count). The fraction of sp³-hybridized carbons (Fsp3) is 0.0500. The van der Waals surface area contributed by atoms with Crippen LogP contribution in [-0.2, 0) is 6.18 Å². The van der Waals surface area contributed by atoms with E-state index in [4.69, 9.17) is 5.11 Å². The summed E-state index contributed by atoms with van der Waals surface area (Å²) in [6, 6.07) is 9.77. The molecule has 0 fully saturated rings. The van der Waals surface area contributed by atoms with Gasteiger partial charge in [0.2, 0.25) is 0 Å². The summed E-state index contributed by atoms with van der Waals surface area (Å²) < 4.78 is 52.5. The molecule has 148 valence electrons. The van der Waals surface area contributed by atoms with Crippen LogP contribution in [0.25, 0.3) is 11.1 Å². The van der Waals surface area contributed by atoms with Gasteiger partial charge in [0.1, 0.15) is 11.5 Å². The molecule has 9 heteroatoms. The van der Waals surface area contributed by atoms with Crippen LogP contribution >= 0.6 is 0 Å². The standard InChI is InChI=1S/C20H12F4N2O3/c21-13-4-1-11(2-5-13)16-9-12(20(22,23)24)3-7-15(16)18(27)26-14-6-8-17(19(28)29)25-10-14/h1-10H,(H,26,27)(H,28,29). The first-order valence-corrected chi connectivity index (χ1v) is 8.13. The van der Waals surface area contributed by atoms with E-state index in [0.29, 0.717) is 0 Å². The summed E-state index contributed by atoms with van der Waals surface area (Å²) >= 11 is 0. The number of anilines is 1. The molecule has 2 aromatic carbocycles. The second kappa shape index (κ2) is 7.70. The molecular formula is C20H12F4N2O3. The molecule has 0 bridgehead atoms. The van der Waals surface area contributed by atoms with Crippen LogP contribution in [0, 0.1) is 5.82 Å². The predicted molar refractivity (Wildman–Crippen MR) is 96.0 cm³/mol. The van der Waals surface area contributed by atoms with Crippen molar-refractivity contribution in [3.05, 3.63) is 83.4 Å². The summed E-state index contributed by atoms with van der Waals surface area (Å²) in [7, 11) is 0. The molecule has 0 saturated carbocycles. The van der Waals surface area contributed by atoms with E-state index in [1.807, 2.05) is 0 Å². The van der Waals surface area contributed by atoms with E-state index in [0.717, 1.165) is 36.5 Å². The van der Waals surface area contributed by atoms with Gasteiger partial charge in [-0.25, -0.2) is 14.2 Å². The number of hydrogen-bond donors (Lipinski definition) is 2. The molecule has 0 atom stereocenters. The molecule has 0 radical (unpaired) electrons. The molecule has 0 aliphatic heterocycles. The number of aromatic carboxylic acids is 1. The lowest BCUT2D eigenvalue weighted by Crippen LogP contribution is -2.15. The molecule has 1 amide bonds. The van der Waals surface area contributed by atoms with Gasteiger partial charge in [0, 0.05) is 5.56 Å². The Hall–Kier alpha value is -3.75. The monoisotopic (exact) mass is 404 g/mol. The van der Waals surface area contributed by atoms with Crippen molar-refractivity contribution in [2.45, 2.75) is 6.18 Å². The number of amides is 1. The number of hydrogen-bond acceptors (Lipinski definition) is 3. The van der Waals surface area contributed by atoms with E-state index in [1.54, 1.807) is 0 Å². The number of rotatable bonds is 4. The second-order valence-corrected chi connectivity index (χ2v) is 5.96. The Morgan fingerprint density at radius 1 is 0.966 bits per heavy atom. The highest BCUT2D eigenvalue weighted by Crippen LogP contribution is 2.34. The molecule has 0 spiro atoms. The first-order chi connectivity index (χ1) is 13.6. The number of halogens is 4. The van der Waals surface area contributed by atoms with E-state index in [2.05, 4.69) is 10.3 Å². The summed E-state index contributed by atoms with van der Waals surface area (Å²) in [6.07, 6.45) is -3.51. The number of nitrogens with one attached hydrogen (secondary N) is 1. The molecule has 0 aliphatic rings. The average Bonchev–Trinajstić information content (AvgIpc) is 2.68. The van der Waals surface area contributed by atoms with Crippen molar-refractivity contribution in [3.63, 3.8) is 0 Å². The zero-order chi connectivity index (χ0) is 21.2. The van der Waals surface area contributed by atoms with Gasteiger partial charge >= 0.3 is 12.1 Å². The van der Waals surface area contributed by atoms with Crippen LogP contribution < -0.4 is 5.32 Å². The Bertz CT molecular complexity index is 1060. The Kier molecular flexibility index (Phi) is 5.31. The number of carboxylic acids is 1. The minimum atomic E-state index is -4.62. The molecular weight excluding hydrogens is 392 g/mol. The molecule has 2 N–H and O–H groups in total. The van der Waals surface area contributed by atoms with Gasteiger partial charge in [0.05, 0.1) is 17.4 Å². The van der Waals surface area contributed by atoms with Gasteiger partial charge in [0.15, 0.2) is 0 Å². The molecule has 0 saturated heterocycles. The second-order valence-electron chi connectivity index (χ2n) is 5.96. The molecule has 1 aromatic heterocycles. The minimum absolute atomic E-state index is 0.0348. The zero-order valence-corrected chi connectivity index (χ0v) is 14.5. The predicted octanol–water partition coefficient (Wildman–Crippen LogP) is 4.86. The van der Waals surface area contributed by atoms with Gasteiger partial charge in [-0.3, -0.25) is 4.79 Å². The third-order valence-corrected chi connectivity index (χ3v) is 3.99. The van der Waals surface area contributed by atoms with Crippen LogP contribution in [0.5, 0.6) is 0 Å². The number of aromatic nitrogens is 1. The Balaban J connectivity index is 1.99. The first-order valence-electron chi connectivity index (χ1n) is 8.13. The fourth-order valence-electron chi connectivity index (χ4n) is 2.58. The van der Waals surface area contributed by atoms with Crippen molar-refractivity contribution in [1.82, 2.24) is 4.98 Å². The first kappa shape index (κ1) is 20.0. The van der Waals surface area contributed by atoms with Crippen LogP contribution in [0.2, 0.25) is 0 Å². The van der Waals surface area contributed by atoms with Crippen molar-refractivity contribution in [1.29, 1.82) is 0 Å². The summed E-state index contributed by atoms with van der Waals surface area (Å²) in [5.41, 5.74) is -0.920. The van der Waals surface area contributed by atoms with Gasteiger partial charge in [-0.15, -0.1) is 0 Å². The molecule has 0 aliphatic carbocycles. The van der Waals surface area contributed by atoms with E-state index >= 15 is 0 Å². The maximum atomic E-state index is 13.2. The molecule has 29 heavy (non-hydrogen) atoms. The highest BCUT2D eigenvalue weighted by atomic mass is 19.4. The van der Waals surface area contributed by atoms with Crippen LogP contribution in [-0.4, -0.2) is 22.0 Å². The maximum Gasteiger partial charge on any atom is 0.416 e. The molecule has 3 aromatic rings. The number of benzene rings is 2. The van der Waals surface area contributed by atoms with Gasteiger partial charge in [-0.2, -0.15) is 13.2 Å². The van der Waals surface area contributed by atoms with Gasteiger partial charge in [-0.05, 0) is 53.6 Å². The third kappa shape index (κ3) is 4.57. The lowest BCUT2D eigenvalue weighted by atomic mass is 9.96. The largest absolute Gasteiger partial charge is 0.477 e. The van der Waals surface area contributed by atoms with Crippen molar-refractivity contribution < 1.29 is 32.3 Å². The number of carboxylic acid groups (broad SMARTS) is 1. The van der Waals surface area contributed by atoms with Crippen molar-refractivity contribution in [2.75, 3.05) is 5.32 Å². The summed E-state index contributed by atoms with van der Waals surface area (Å²) in [5.74, 6) is -2.55. The maximum absolute atomic E-state index is 13.2. The number of alkyl halides is 3. The third-order valence-electron chi connectivity index (χ3n) is 3.99. The van der Waals surface area contributed by atoms with Crippen LogP contribution in [0.1, 0.15) is 26.4 Å². The van der Waals surface area contributed by atoms with E-state index in [9.17, 15) is 27.2 Å². The lowest BCUT2D eigenvalue weighted by Gasteiger charge is -2.14. The quantitative estimate of drug-likeness (QED) is 0.609. The minimum Gasteiger partial charge on any atom is -0.477 e. The summed E-state index contributed by atoms with van der Waals surface area (Å²) in [4.78, 5) is 27.1. The van der Waals surface area contributed by atoms with Crippen molar-refractivity contribution in [3.8, 4) is 11.1 Å². The highest BCUT2D eigenvalue weighted by Gasteiger charge is 2.31. The Labute approximate surface area is 161 Å². The van der Waals surface area contributed by atoms with E-state index in [-0.39, 0.29) is 28.1 Å². The Morgan fingerprint density at radius 3 is 2.21 bits per heavy atom. The number of carbonyl (C=O) groups excluding carboxylic acids is 1. The molecule has 1 heterocycles. The zero-order valence-electron chi connectivity index (χ0n) is 14.5. The van der Waals surface area contributed by atoms with Gasteiger partial charge < -0.3 is 10.4 Å². The lowest BCUT2D eigenvalue weighted by molar-refractivity contribution is -0.137. The molecule has 0 unspecified atom stereocenters. The van der Waals surface area contributed by atoms with Gasteiger partial charge in [-0.1, -0.05) is 12.1 Å². The van der Waals surface area contributed by atoms with Crippen molar-refractivity contribution >= 4 is 17.6 Å². The number of pyridine rings is 1. The van der Waals surface area contributed by atoms with Crippen LogP contribution in [0.15, 0.2) is 60.8 Å². The van der Waals surface area contributed by atoms with Crippen LogP contribution in [0.4, 0.5) is 23.2 Å². The summed E-state index contributed by atoms with van der Waals surface area (Å²) in [5, 5.41) is 11.3. The Morgan fingerprint density at radius 2 is 1.66 bits per heavy atom. The number of carbonyl (C=O) groups is 2. The van der Waals surface area contributed by atoms with E-state index < -0.39 is 29.4 Å². The van der Waals surface area contributed by atoms with Crippen molar-refractivity contribution in [2.24, 2.45) is 0 Å². The van der Waals surface area contributed by atoms with E-state index in [1.165, 1.54) is 24.3 Å². The fourth-order valence-corrected chi connectivity index (χ4v) is 2.58. The normalized spacial score (nSPS) is 11.2. The average molecular weight is 404 g/mol. The highest BCUT2D eigenvalue weighted by molar-refractivity contribution is 6.08. The summed E-state index contributed by atoms with van der Waals surface area (Å²) in [6.45, 7) is 0. The van der Waals surface area contributed by atoms with Gasteiger partial charge in [0.25, 0.3) is 5.91 Å². The number of nitrogens with zero attached hydrogens (tertiary/aromatic N) is 1.